The predicted octanol–water partition coefficient (Wildman–Crippen LogP) is 4.72. The van der Waals surface area contributed by atoms with Gasteiger partial charge in [0, 0.05) is 0 Å². The summed E-state index contributed by atoms with van der Waals surface area (Å²) in [4.78, 5) is 22.9. The minimum atomic E-state index is -3.72. The number of hydrogen-bond donors (Lipinski definition) is 0. The van der Waals surface area contributed by atoms with Crippen molar-refractivity contribution in [3.63, 3.8) is 0 Å². The van der Waals surface area contributed by atoms with Crippen LogP contribution in [0.1, 0.15) is 79.1 Å². The molecule has 0 aliphatic carbocycles. The zero-order chi connectivity index (χ0) is 16.1. The molecule has 0 N–H and O–H groups in total. The fraction of sp³-hybridized carbons (Fsp3) is 0.875. The van der Waals surface area contributed by atoms with Gasteiger partial charge in [-0.3, -0.25) is 0 Å². The Kier molecular flexibility index (Phi) is 12.3. The first kappa shape index (κ1) is 20.9. The van der Waals surface area contributed by atoms with Crippen molar-refractivity contribution >= 4 is 34.0 Å². The second kappa shape index (κ2) is 12.4. The summed E-state index contributed by atoms with van der Waals surface area (Å²) in [5.41, 5.74) is 0. The Hall–Kier alpha value is -0.138. The number of carbonyl (C=O) groups excluding carboxylic acids is 2. The normalized spacial score (nSPS) is 11.2. The molecule has 0 saturated carbocycles. The third kappa shape index (κ3) is 11.1. The van der Waals surface area contributed by atoms with E-state index in [4.69, 9.17) is 5.37 Å². The van der Waals surface area contributed by atoms with Crippen molar-refractivity contribution in [2.24, 2.45) is 0 Å². The van der Waals surface area contributed by atoms with Gasteiger partial charge < -0.3 is 0 Å². The Bertz CT molecular complexity index is 275. The molecular formula is C16H32O4Pb. The quantitative estimate of drug-likeness (QED) is 0.291. The first-order valence-electron chi connectivity index (χ1n) is 8.35. The zero-order valence-electron chi connectivity index (χ0n) is 14.2. The molecule has 0 unspecified atom stereocenters. The van der Waals surface area contributed by atoms with Crippen molar-refractivity contribution in [3.8, 4) is 0 Å². The van der Waals surface area contributed by atoms with E-state index in [1.807, 2.05) is 0 Å². The molecule has 21 heavy (non-hydrogen) atoms. The van der Waals surface area contributed by atoms with E-state index >= 15 is 0 Å². The fourth-order valence-corrected chi connectivity index (χ4v) is 15.4. The average Bonchev–Trinajstić information content (AvgIpc) is 2.38. The Morgan fingerprint density at radius 2 is 1.10 bits per heavy atom. The molecule has 4 nitrogen and oxygen atoms in total. The summed E-state index contributed by atoms with van der Waals surface area (Å²) in [6.07, 6.45) is 8.95. The summed E-state index contributed by atoms with van der Waals surface area (Å²) in [5, 5.41) is 0. The summed E-state index contributed by atoms with van der Waals surface area (Å²) < 4.78 is 12.9. The van der Waals surface area contributed by atoms with E-state index < -0.39 is 22.1 Å². The molecule has 0 aliphatic heterocycles. The van der Waals surface area contributed by atoms with Gasteiger partial charge in [0.15, 0.2) is 0 Å². The molecule has 0 aromatic rings. The number of rotatable bonds is 12. The van der Waals surface area contributed by atoms with Gasteiger partial charge in [-0.2, -0.15) is 0 Å². The Balaban J connectivity index is 4.67. The van der Waals surface area contributed by atoms with Gasteiger partial charge in [-0.05, 0) is 0 Å². The SMILES string of the molecule is CCCCC[CH2][Pb]([CH2]CCCCC)([O]C(C)=O)[O]C(C)=O. The molecule has 0 aromatic carbocycles. The molecule has 0 spiro atoms. The first-order chi connectivity index (χ1) is 9.95. The molecule has 0 saturated heterocycles. The van der Waals surface area contributed by atoms with Crippen LogP contribution in [-0.2, 0) is 15.0 Å². The molecular weight excluding hydrogens is 463 g/mol. The van der Waals surface area contributed by atoms with E-state index in [2.05, 4.69) is 13.8 Å². The van der Waals surface area contributed by atoms with Gasteiger partial charge in [0.05, 0.1) is 0 Å². The molecule has 0 amide bonds. The molecule has 0 aromatic heterocycles. The number of hydrogen-bond acceptors (Lipinski definition) is 4. The van der Waals surface area contributed by atoms with Gasteiger partial charge in [-0.15, -0.1) is 0 Å². The minimum absolute atomic E-state index is 0.288. The van der Waals surface area contributed by atoms with E-state index in [0.29, 0.717) is 0 Å². The van der Waals surface area contributed by atoms with Gasteiger partial charge in [0.25, 0.3) is 0 Å². The van der Waals surface area contributed by atoms with Crippen molar-refractivity contribution in [3.05, 3.63) is 0 Å². The third-order valence-electron chi connectivity index (χ3n) is 3.48. The Morgan fingerprint density at radius 1 is 0.714 bits per heavy atom. The van der Waals surface area contributed by atoms with Crippen molar-refractivity contribution < 1.29 is 15.0 Å². The van der Waals surface area contributed by atoms with Crippen LogP contribution in [0.4, 0.5) is 0 Å². The molecule has 0 radical (unpaired) electrons. The Morgan fingerprint density at radius 3 is 1.38 bits per heavy atom. The van der Waals surface area contributed by atoms with Crippen LogP contribution < -0.4 is 0 Å². The van der Waals surface area contributed by atoms with Crippen molar-refractivity contribution in [1.82, 2.24) is 0 Å². The van der Waals surface area contributed by atoms with Crippen LogP contribution >= 0.6 is 0 Å². The van der Waals surface area contributed by atoms with Gasteiger partial charge in [0.1, 0.15) is 0 Å². The van der Waals surface area contributed by atoms with Crippen LogP contribution in [0.2, 0.25) is 7.96 Å². The second-order valence-corrected chi connectivity index (χ2v) is 18.3. The molecule has 0 fully saturated rings. The first-order valence-corrected chi connectivity index (χ1v) is 17.0. The van der Waals surface area contributed by atoms with Crippen molar-refractivity contribution in [2.75, 3.05) is 0 Å². The summed E-state index contributed by atoms with van der Waals surface area (Å²) in [5.74, 6) is -0.576. The standard InChI is InChI=1S/2C6H13.2C2H4O2.Pb/c2*1-3-5-6-4-2;2*1-2(3)4;/h2*1,3-6H2,2H3;2*1H3,(H,3,4);/q;;;;+2/p-2. The molecule has 0 atom stereocenters. The number of unbranched alkanes of at least 4 members (excludes halogenated alkanes) is 6. The van der Waals surface area contributed by atoms with Crippen LogP contribution in [-0.4, -0.2) is 34.0 Å². The molecule has 0 bridgehead atoms. The van der Waals surface area contributed by atoms with Crippen LogP contribution in [0.3, 0.4) is 0 Å². The van der Waals surface area contributed by atoms with Gasteiger partial charge in [0.2, 0.25) is 0 Å². The Labute approximate surface area is 135 Å². The second-order valence-electron chi connectivity index (χ2n) is 5.72. The predicted molar refractivity (Wildman–Crippen MR) is 87.2 cm³/mol. The van der Waals surface area contributed by atoms with Gasteiger partial charge in [-0.1, -0.05) is 0 Å². The fourth-order valence-electron chi connectivity index (χ4n) is 2.52. The molecule has 5 heteroatoms. The summed E-state index contributed by atoms with van der Waals surface area (Å²) in [6, 6.07) is 0. The van der Waals surface area contributed by atoms with E-state index in [1.165, 1.54) is 39.5 Å². The average molecular weight is 496 g/mol. The van der Waals surface area contributed by atoms with Crippen LogP contribution in [0.25, 0.3) is 0 Å². The van der Waals surface area contributed by atoms with Crippen LogP contribution in [0, 0.1) is 0 Å². The van der Waals surface area contributed by atoms with Crippen molar-refractivity contribution in [2.45, 2.75) is 87.0 Å². The van der Waals surface area contributed by atoms with E-state index in [1.54, 1.807) is 0 Å². The van der Waals surface area contributed by atoms with E-state index in [9.17, 15) is 9.59 Å². The zero-order valence-corrected chi connectivity index (χ0v) is 18.1. The topological polar surface area (TPSA) is 52.6 Å². The maximum atomic E-state index is 11.5. The van der Waals surface area contributed by atoms with Crippen LogP contribution in [0.5, 0.6) is 0 Å². The number of carbonyl (C=O) groups is 2. The van der Waals surface area contributed by atoms with Crippen LogP contribution in [0.15, 0.2) is 0 Å². The molecule has 0 heterocycles. The van der Waals surface area contributed by atoms with E-state index in [0.717, 1.165) is 33.6 Å². The molecule has 124 valence electrons. The molecule has 0 aliphatic rings. The van der Waals surface area contributed by atoms with Gasteiger partial charge in [-0.25, -0.2) is 0 Å². The van der Waals surface area contributed by atoms with E-state index in [-0.39, 0.29) is 11.9 Å². The molecule has 0 rings (SSSR count). The third-order valence-corrected chi connectivity index (χ3v) is 17.3. The summed E-state index contributed by atoms with van der Waals surface area (Å²) >= 11 is -3.72. The van der Waals surface area contributed by atoms with Gasteiger partial charge >= 0.3 is 136 Å². The van der Waals surface area contributed by atoms with Crippen molar-refractivity contribution in [1.29, 1.82) is 0 Å². The summed E-state index contributed by atoms with van der Waals surface area (Å²) in [6.45, 7) is 7.19. The summed E-state index contributed by atoms with van der Waals surface area (Å²) in [7, 11) is 0. The maximum absolute atomic E-state index is 11.5. The monoisotopic (exact) mass is 496 g/mol.